The first-order valence-electron chi connectivity index (χ1n) is 8.42. The summed E-state index contributed by atoms with van der Waals surface area (Å²) in [5, 5.41) is 12.9. The Morgan fingerprint density at radius 2 is 2.00 bits per heavy atom. The average Bonchev–Trinajstić information content (AvgIpc) is 2.57. The molecule has 122 valence electrons. The number of aliphatic hydroxyl groups is 1. The van der Waals surface area contributed by atoms with E-state index >= 15 is 0 Å². The number of benzene rings is 1. The second-order valence-electron chi connectivity index (χ2n) is 6.34. The maximum absolute atomic E-state index is 9.61. The molecule has 0 amide bonds. The molecule has 0 saturated heterocycles. The zero-order chi connectivity index (χ0) is 16.0. The summed E-state index contributed by atoms with van der Waals surface area (Å²) >= 11 is 0. The van der Waals surface area contributed by atoms with E-state index in [1.165, 1.54) is 24.0 Å². The molecule has 0 saturated carbocycles. The maximum Gasteiger partial charge on any atom is 0.193 e. The lowest BCUT2D eigenvalue weighted by atomic mass is 9.83. The van der Waals surface area contributed by atoms with Crippen molar-refractivity contribution in [1.29, 1.82) is 0 Å². The summed E-state index contributed by atoms with van der Waals surface area (Å²) in [6.45, 7) is 4.89. The summed E-state index contributed by atoms with van der Waals surface area (Å²) in [5.41, 5.74) is 9.81. The molecule has 0 radical (unpaired) electrons. The monoisotopic (exact) mass is 303 g/mol. The third kappa shape index (κ3) is 3.80. The quantitative estimate of drug-likeness (QED) is 0.558. The van der Waals surface area contributed by atoms with Gasteiger partial charge in [0.15, 0.2) is 5.96 Å². The Hall–Kier alpha value is -1.55. The number of aliphatic imine (C=N–C) groups is 1. The predicted molar refractivity (Wildman–Crippen MR) is 93.3 cm³/mol. The Kier molecular flexibility index (Phi) is 5.83. The highest BCUT2D eigenvalue weighted by Crippen LogP contribution is 2.28. The molecule has 1 aliphatic carbocycles. The predicted octanol–water partition coefficient (Wildman–Crippen LogP) is 3.09. The highest BCUT2D eigenvalue weighted by atomic mass is 16.3. The number of hydrogen-bond acceptors (Lipinski definition) is 2. The molecule has 2 rings (SSSR count). The minimum absolute atomic E-state index is 0.150. The fourth-order valence-corrected chi connectivity index (χ4v) is 3.08. The van der Waals surface area contributed by atoms with Crippen LogP contribution in [0.2, 0.25) is 0 Å². The molecule has 1 aromatic rings. The van der Waals surface area contributed by atoms with Gasteiger partial charge in [0.2, 0.25) is 0 Å². The standard InChI is InChI=1S/C18H29N3O/c1-3-18(4-2,13-22)12-20-17(19)21-16-11-7-9-14-8-5-6-10-15(14)16/h7,9,11,22H,3-6,8,10,12-13H2,1-2H3,(H3,19,20,21). The summed E-state index contributed by atoms with van der Waals surface area (Å²) < 4.78 is 0. The van der Waals surface area contributed by atoms with Crippen molar-refractivity contribution < 1.29 is 5.11 Å². The van der Waals surface area contributed by atoms with Gasteiger partial charge in [-0.2, -0.15) is 0 Å². The molecular formula is C18H29N3O. The molecule has 0 unspecified atom stereocenters. The zero-order valence-electron chi connectivity index (χ0n) is 13.9. The van der Waals surface area contributed by atoms with Crippen molar-refractivity contribution in [3.8, 4) is 0 Å². The Balaban J connectivity index is 2.09. The molecule has 0 heterocycles. The van der Waals surface area contributed by atoms with Crippen molar-refractivity contribution in [2.45, 2.75) is 52.4 Å². The van der Waals surface area contributed by atoms with Crippen LogP contribution in [0.5, 0.6) is 0 Å². The number of anilines is 1. The number of nitrogens with two attached hydrogens (primary N) is 1. The van der Waals surface area contributed by atoms with Gasteiger partial charge in [0.25, 0.3) is 0 Å². The van der Waals surface area contributed by atoms with Crippen molar-refractivity contribution >= 4 is 11.6 Å². The van der Waals surface area contributed by atoms with Crippen LogP contribution in [0, 0.1) is 5.41 Å². The summed E-state index contributed by atoms with van der Waals surface area (Å²) in [7, 11) is 0. The lowest BCUT2D eigenvalue weighted by molar-refractivity contribution is 0.123. The van der Waals surface area contributed by atoms with E-state index in [0.717, 1.165) is 31.4 Å². The lowest BCUT2D eigenvalue weighted by Gasteiger charge is -2.27. The summed E-state index contributed by atoms with van der Waals surface area (Å²) in [6, 6.07) is 6.36. The smallest absolute Gasteiger partial charge is 0.193 e. The van der Waals surface area contributed by atoms with Crippen molar-refractivity contribution in [2.24, 2.45) is 16.1 Å². The van der Waals surface area contributed by atoms with Crippen LogP contribution in [0.25, 0.3) is 0 Å². The van der Waals surface area contributed by atoms with E-state index in [9.17, 15) is 5.11 Å². The molecule has 22 heavy (non-hydrogen) atoms. The molecule has 0 fully saturated rings. The number of nitrogens with zero attached hydrogens (tertiary/aromatic N) is 1. The van der Waals surface area contributed by atoms with Gasteiger partial charge < -0.3 is 16.2 Å². The number of aliphatic hydroxyl groups excluding tert-OH is 1. The van der Waals surface area contributed by atoms with E-state index in [2.05, 4.69) is 42.4 Å². The van der Waals surface area contributed by atoms with Crippen LogP contribution in [0.15, 0.2) is 23.2 Å². The van der Waals surface area contributed by atoms with Crippen molar-refractivity contribution in [3.63, 3.8) is 0 Å². The average molecular weight is 303 g/mol. The van der Waals surface area contributed by atoms with E-state index in [4.69, 9.17) is 5.73 Å². The molecule has 0 atom stereocenters. The van der Waals surface area contributed by atoms with Crippen LogP contribution in [-0.4, -0.2) is 24.2 Å². The zero-order valence-corrected chi connectivity index (χ0v) is 13.9. The third-order valence-corrected chi connectivity index (χ3v) is 5.08. The van der Waals surface area contributed by atoms with Gasteiger partial charge in [0, 0.05) is 11.1 Å². The molecule has 0 spiro atoms. The fraction of sp³-hybridized carbons (Fsp3) is 0.611. The fourth-order valence-electron chi connectivity index (χ4n) is 3.08. The van der Waals surface area contributed by atoms with Crippen LogP contribution in [-0.2, 0) is 12.8 Å². The first kappa shape index (κ1) is 16.8. The number of rotatable bonds is 6. The number of aryl methyl sites for hydroxylation is 1. The molecular weight excluding hydrogens is 274 g/mol. The molecule has 1 aromatic carbocycles. The van der Waals surface area contributed by atoms with Crippen LogP contribution in [0.1, 0.15) is 50.7 Å². The van der Waals surface area contributed by atoms with E-state index in [1.807, 2.05) is 0 Å². The van der Waals surface area contributed by atoms with Gasteiger partial charge in [-0.25, -0.2) is 0 Å². The van der Waals surface area contributed by atoms with Gasteiger partial charge in [-0.15, -0.1) is 0 Å². The molecule has 4 heteroatoms. The van der Waals surface area contributed by atoms with Gasteiger partial charge in [0.1, 0.15) is 0 Å². The summed E-state index contributed by atoms with van der Waals surface area (Å²) in [5.74, 6) is 0.443. The van der Waals surface area contributed by atoms with Crippen LogP contribution < -0.4 is 11.1 Å². The van der Waals surface area contributed by atoms with Crippen molar-refractivity contribution in [3.05, 3.63) is 29.3 Å². The van der Waals surface area contributed by atoms with E-state index in [0.29, 0.717) is 12.5 Å². The van der Waals surface area contributed by atoms with Gasteiger partial charge in [-0.05, 0) is 55.7 Å². The first-order chi connectivity index (χ1) is 10.6. The Labute approximate surface area is 133 Å². The van der Waals surface area contributed by atoms with Crippen LogP contribution in [0.3, 0.4) is 0 Å². The maximum atomic E-state index is 9.61. The molecule has 1 aliphatic rings. The van der Waals surface area contributed by atoms with Crippen LogP contribution >= 0.6 is 0 Å². The third-order valence-electron chi connectivity index (χ3n) is 5.08. The number of fused-ring (bicyclic) bond motifs is 1. The van der Waals surface area contributed by atoms with E-state index in [1.54, 1.807) is 0 Å². The first-order valence-corrected chi connectivity index (χ1v) is 8.42. The summed E-state index contributed by atoms with van der Waals surface area (Å²) in [6.07, 6.45) is 6.57. The van der Waals surface area contributed by atoms with Crippen LogP contribution in [0.4, 0.5) is 5.69 Å². The van der Waals surface area contributed by atoms with Gasteiger partial charge >= 0.3 is 0 Å². The largest absolute Gasteiger partial charge is 0.396 e. The van der Waals surface area contributed by atoms with Crippen molar-refractivity contribution in [2.75, 3.05) is 18.5 Å². The number of guanidine groups is 1. The van der Waals surface area contributed by atoms with Crippen molar-refractivity contribution in [1.82, 2.24) is 0 Å². The lowest BCUT2D eigenvalue weighted by Crippen LogP contribution is -2.31. The second kappa shape index (κ2) is 7.63. The van der Waals surface area contributed by atoms with E-state index < -0.39 is 0 Å². The van der Waals surface area contributed by atoms with Gasteiger partial charge in [-0.1, -0.05) is 26.0 Å². The SMILES string of the molecule is CCC(CC)(CO)CN=C(N)Nc1cccc2c1CCCC2. The molecule has 0 aliphatic heterocycles. The topological polar surface area (TPSA) is 70.6 Å². The molecule has 4 N–H and O–H groups in total. The number of nitrogens with one attached hydrogen (secondary N) is 1. The highest BCUT2D eigenvalue weighted by molar-refractivity contribution is 5.93. The minimum Gasteiger partial charge on any atom is -0.396 e. The normalized spacial score (nSPS) is 15.5. The Bertz CT molecular complexity index is 513. The molecule has 0 bridgehead atoms. The Morgan fingerprint density at radius 3 is 2.68 bits per heavy atom. The minimum atomic E-state index is -0.150. The molecule has 0 aromatic heterocycles. The second-order valence-corrected chi connectivity index (χ2v) is 6.34. The number of hydrogen-bond donors (Lipinski definition) is 3. The molecule has 4 nitrogen and oxygen atoms in total. The Morgan fingerprint density at radius 1 is 1.27 bits per heavy atom. The highest BCUT2D eigenvalue weighted by Gasteiger charge is 2.25. The van der Waals surface area contributed by atoms with E-state index in [-0.39, 0.29) is 12.0 Å². The van der Waals surface area contributed by atoms with Gasteiger partial charge in [0.05, 0.1) is 13.2 Å². The van der Waals surface area contributed by atoms with Gasteiger partial charge in [-0.3, -0.25) is 4.99 Å². The summed E-state index contributed by atoms with van der Waals surface area (Å²) in [4.78, 5) is 4.48.